The lowest BCUT2D eigenvalue weighted by Crippen LogP contribution is -2.70. The van der Waals surface area contributed by atoms with Crippen LogP contribution >= 0.6 is 0 Å². The third-order valence-electron chi connectivity index (χ3n) is 5.16. The number of benzene rings is 1. The van der Waals surface area contributed by atoms with Crippen molar-refractivity contribution < 1.29 is 14.3 Å². The minimum absolute atomic E-state index is 0.0677. The number of aryl methyl sites for hydroxylation is 1. The lowest BCUT2D eigenvalue weighted by Gasteiger charge is -2.56. The van der Waals surface area contributed by atoms with E-state index in [0.29, 0.717) is 17.1 Å². The molecule has 2 atom stereocenters. The van der Waals surface area contributed by atoms with Crippen molar-refractivity contribution in [1.29, 1.82) is 0 Å². The molecule has 0 aliphatic carbocycles. The van der Waals surface area contributed by atoms with Crippen LogP contribution in [0.2, 0.25) is 0 Å². The maximum absolute atomic E-state index is 12.9. The van der Waals surface area contributed by atoms with Crippen molar-refractivity contribution in [3.63, 3.8) is 0 Å². The average Bonchev–Trinajstić information content (AvgIpc) is 3.09. The summed E-state index contributed by atoms with van der Waals surface area (Å²) in [6.07, 6.45) is 2.65. The highest BCUT2D eigenvalue weighted by molar-refractivity contribution is 5.96. The van der Waals surface area contributed by atoms with Crippen LogP contribution in [0.4, 0.5) is 5.82 Å². The van der Waals surface area contributed by atoms with Crippen LogP contribution in [0.1, 0.15) is 22.5 Å². The molecule has 25 heavy (non-hydrogen) atoms. The molecule has 3 fully saturated rings. The predicted molar refractivity (Wildman–Crippen MR) is 89.9 cm³/mol. The maximum atomic E-state index is 12.9. The van der Waals surface area contributed by atoms with Gasteiger partial charge in [-0.05, 0) is 31.5 Å². The molecule has 4 aliphatic heterocycles. The van der Waals surface area contributed by atoms with Crippen LogP contribution < -0.4 is 14.4 Å². The molecule has 5 heterocycles. The molecule has 1 aromatic carbocycles. The van der Waals surface area contributed by atoms with Gasteiger partial charge in [-0.25, -0.2) is 9.97 Å². The largest absolute Gasteiger partial charge is 0.454 e. The molecule has 2 bridgehead atoms. The first-order valence-corrected chi connectivity index (χ1v) is 8.45. The van der Waals surface area contributed by atoms with E-state index in [9.17, 15) is 4.79 Å². The Kier molecular flexibility index (Phi) is 3.10. The molecule has 0 N–H and O–H groups in total. The number of carbonyl (C=O) groups is 1. The SMILES string of the molecule is Cc1cc(N2CC3CC(C2)N3C(=O)c2ccc3c(c2)OCO3)ncn1. The summed E-state index contributed by atoms with van der Waals surface area (Å²) in [5.41, 5.74) is 1.61. The van der Waals surface area contributed by atoms with Gasteiger partial charge in [0.15, 0.2) is 11.5 Å². The molecule has 1 aromatic heterocycles. The summed E-state index contributed by atoms with van der Waals surface area (Å²) in [6.45, 7) is 3.80. The number of rotatable bonds is 2. The first-order valence-electron chi connectivity index (χ1n) is 8.45. The molecule has 2 aromatic rings. The van der Waals surface area contributed by atoms with E-state index in [1.807, 2.05) is 24.0 Å². The van der Waals surface area contributed by atoms with Crippen molar-refractivity contribution in [2.45, 2.75) is 25.4 Å². The number of ether oxygens (including phenoxy) is 2. The Balaban J connectivity index is 1.33. The predicted octanol–water partition coefficient (Wildman–Crippen LogP) is 1.62. The van der Waals surface area contributed by atoms with E-state index in [4.69, 9.17) is 9.47 Å². The van der Waals surface area contributed by atoms with Crippen LogP contribution in [-0.4, -0.2) is 52.7 Å². The van der Waals surface area contributed by atoms with Crippen LogP contribution in [0.15, 0.2) is 30.6 Å². The quantitative estimate of drug-likeness (QED) is 0.829. The fourth-order valence-corrected chi connectivity index (χ4v) is 3.92. The molecule has 1 amide bonds. The second-order valence-corrected chi connectivity index (χ2v) is 6.75. The summed E-state index contributed by atoms with van der Waals surface area (Å²) >= 11 is 0. The minimum Gasteiger partial charge on any atom is -0.454 e. The number of nitrogens with zero attached hydrogens (tertiary/aromatic N) is 4. The molecule has 128 valence electrons. The second kappa shape index (κ2) is 5.34. The normalized spacial score (nSPS) is 23.4. The van der Waals surface area contributed by atoms with Gasteiger partial charge in [0.2, 0.25) is 6.79 Å². The summed E-state index contributed by atoms with van der Waals surface area (Å²) in [4.78, 5) is 25.7. The van der Waals surface area contributed by atoms with Crippen LogP contribution in [-0.2, 0) is 0 Å². The lowest BCUT2D eigenvalue weighted by atomic mass is 9.86. The van der Waals surface area contributed by atoms with Gasteiger partial charge in [-0.15, -0.1) is 0 Å². The smallest absolute Gasteiger partial charge is 0.254 e. The fraction of sp³-hybridized carbons (Fsp3) is 0.389. The number of fused-ring (bicyclic) bond motifs is 3. The van der Waals surface area contributed by atoms with Crippen LogP contribution in [0, 0.1) is 6.92 Å². The zero-order valence-corrected chi connectivity index (χ0v) is 13.9. The van der Waals surface area contributed by atoms with Crippen molar-refractivity contribution in [3.8, 4) is 11.5 Å². The van der Waals surface area contributed by atoms with Crippen LogP contribution in [0.25, 0.3) is 0 Å². The van der Waals surface area contributed by atoms with Gasteiger partial charge in [0.05, 0.1) is 12.1 Å². The zero-order valence-electron chi connectivity index (χ0n) is 13.9. The molecular weight excluding hydrogens is 320 g/mol. The summed E-state index contributed by atoms with van der Waals surface area (Å²) in [7, 11) is 0. The van der Waals surface area contributed by atoms with Gasteiger partial charge < -0.3 is 19.3 Å². The molecular formula is C18H18N4O3. The summed E-state index contributed by atoms with van der Waals surface area (Å²) < 4.78 is 10.7. The Morgan fingerprint density at radius 3 is 2.72 bits per heavy atom. The molecule has 7 nitrogen and oxygen atoms in total. The molecule has 3 saturated heterocycles. The van der Waals surface area contributed by atoms with E-state index in [-0.39, 0.29) is 24.8 Å². The van der Waals surface area contributed by atoms with Crippen molar-refractivity contribution in [2.24, 2.45) is 0 Å². The number of hydrogen-bond acceptors (Lipinski definition) is 6. The van der Waals surface area contributed by atoms with Gasteiger partial charge in [-0.2, -0.15) is 0 Å². The molecule has 2 unspecified atom stereocenters. The number of hydrogen-bond donors (Lipinski definition) is 0. The molecule has 7 heteroatoms. The molecule has 4 aliphatic rings. The number of piperidine rings is 1. The molecule has 0 saturated carbocycles. The Morgan fingerprint density at radius 2 is 1.92 bits per heavy atom. The van der Waals surface area contributed by atoms with Crippen molar-refractivity contribution in [1.82, 2.24) is 14.9 Å². The van der Waals surface area contributed by atoms with Crippen molar-refractivity contribution >= 4 is 11.7 Å². The minimum atomic E-state index is 0.0677. The van der Waals surface area contributed by atoms with Gasteiger partial charge in [-0.1, -0.05) is 0 Å². The monoisotopic (exact) mass is 338 g/mol. The van der Waals surface area contributed by atoms with E-state index >= 15 is 0 Å². The van der Waals surface area contributed by atoms with Crippen LogP contribution in [0.5, 0.6) is 11.5 Å². The second-order valence-electron chi connectivity index (χ2n) is 6.75. The Morgan fingerprint density at radius 1 is 1.12 bits per heavy atom. The Labute approximate surface area is 145 Å². The average molecular weight is 338 g/mol. The molecule has 6 rings (SSSR count). The van der Waals surface area contributed by atoms with Gasteiger partial charge in [-0.3, -0.25) is 4.79 Å². The third-order valence-corrected chi connectivity index (χ3v) is 5.16. The lowest BCUT2D eigenvalue weighted by molar-refractivity contribution is 0.00573. The topological polar surface area (TPSA) is 67.8 Å². The fourth-order valence-electron chi connectivity index (χ4n) is 3.92. The maximum Gasteiger partial charge on any atom is 0.254 e. The number of carbonyl (C=O) groups excluding carboxylic acids is 1. The number of anilines is 1. The van der Waals surface area contributed by atoms with E-state index in [1.54, 1.807) is 18.5 Å². The van der Waals surface area contributed by atoms with Crippen molar-refractivity contribution in [2.75, 3.05) is 24.8 Å². The number of amides is 1. The first kappa shape index (κ1) is 14.5. The zero-order chi connectivity index (χ0) is 17.0. The summed E-state index contributed by atoms with van der Waals surface area (Å²) in [5, 5.41) is 0. The summed E-state index contributed by atoms with van der Waals surface area (Å²) in [5.74, 6) is 2.36. The number of aromatic nitrogens is 2. The Bertz CT molecular complexity index is 844. The highest BCUT2D eigenvalue weighted by Gasteiger charge is 2.47. The molecule has 0 radical (unpaired) electrons. The summed E-state index contributed by atoms with van der Waals surface area (Å²) in [6, 6.07) is 7.86. The molecule has 0 spiro atoms. The van der Waals surface area contributed by atoms with E-state index in [1.165, 1.54) is 0 Å². The van der Waals surface area contributed by atoms with E-state index < -0.39 is 0 Å². The number of piperazine rings is 1. The first-order chi connectivity index (χ1) is 12.2. The Hall–Kier alpha value is -2.83. The van der Waals surface area contributed by atoms with Gasteiger partial charge in [0, 0.05) is 30.4 Å². The highest BCUT2D eigenvalue weighted by atomic mass is 16.7. The van der Waals surface area contributed by atoms with Crippen molar-refractivity contribution in [3.05, 3.63) is 41.9 Å². The van der Waals surface area contributed by atoms with Gasteiger partial charge in [0.1, 0.15) is 12.1 Å². The van der Waals surface area contributed by atoms with E-state index in [2.05, 4.69) is 14.9 Å². The standard InChI is InChI=1S/C18H18N4O3/c1-11-4-17(20-9-19-11)21-7-13-6-14(8-21)22(13)18(23)12-2-3-15-16(5-12)25-10-24-15/h2-5,9,13-14H,6-8,10H2,1H3. The van der Waals surface area contributed by atoms with Gasteiger partial charge >= 0.3 is 0 Å². The highest BCUT2D eigenvalue weighted by Crippen LogP contribution is 2.37. The third kappa shape index (κ3) is 2.30. The van der Waals surface area contributed by atoms with E-state index in [0.717, 1.165) is 31.0 Å². The van der Waals surface area contributed by atoms with Gasteiger partial charge in [0.25, 0.3) is 5.91 Å². The van der Waals surface area contributed by atoms with Crippen LogP contribution in [0.3, 0.4) is 0 Å².